The van der Waals surface area contributed by atoms with E-state index in [1.807, 2.05) is 19.9 Å². The number of amides is 1. The van der Waals surface area contributed by atoms with Gasteiger partial charge < -0.3 is 14.8 Å². The molecular weight excluding hydrogens is 280 g/mol. The first-order chi connectivity index (χ1) is 10.5. The van der Waals surface area contributed by atoms with E-state index < -0.39 is 5.60 Å². The summed E-state index contributed by atoms with van der Waals surface area (Å²) in [5.41, 5.74) is 0.736. The van der Waals surface area contributed by atoms with Crippen molar-refractivity contribution in [2.75, 3.05) is 19.0 Å². The minimum absolute atomic E-state index is 0.0735. The van der Waals surface area contributed by atoms with E-state index in [9.17, 15) is 4.79 Å². The number of aryl methyl sites for hydroxylation is 1. The largest absolute Gasteiger partial charge is 0.478 e. The molecule has 0 radical (unpaired) electrons. The summed E-state index contributed by atoms with van der Waals surface area (Å²) in [6.07, 6.45) is 3.70. The molecule has 2 atom stereocenters. The summed E-state index contributed by atoms with van der Waals surface area (Å²) in [6.45, 7) is 6.52. The highest BCUT2D eigenvalue weighted by Gasteiger charge is 2.42. The molecule has 1 aromatic rings. The fourth-order valence-electron chi connectivity index (χ4n) is 3.12. The second-order valence-corrected chi connectivity index (χ2v) is 6.07. The predicted molar refractivity (Wildman–Crippen MR) is 86.1 cm³/mol. The molecule has 22 heavy (non-hydrogen) atoms. The summed E-state index contributed by atoms with van der Waals surface area (Å²) in [4.78, 5) is 17.1. The number of anilines is 1. The molecule has 1 aromatic heterocycles. The molecule has 1 amide bonds. The summed E-state index contributed by atoms with van der Waals surface area (Å²) in [5, 5.41) is 2.98. The normalized spacial score (nSPS) is 24.8. The number of aromatic nitrogens is 1. The SMILES string of the molecule is CCOc1ccc(NC(=O)[C@]2(OC)CCC[C@H](C)C2)c(C)n1. The maximum atomic E-state index is 12.7. The molecule has 1 N–H and O–H groups in total. The van der Waals surface area contributed by atoms with Crippen LogP contribution in [-0.4, -0.2) is 30.2 Å². The highest BCUT2D eigenvalue weighted by Crippen LogP contribution is 2.36. The number of methoxy groups -OCH3 is 1. The number of hydrogen-bond acceptors (Lipinski definition) is 4. The minimum Gasteiger partial charge on any atom is -0.478 e. The first-order valence-electron chi connectivity index (χ1n) is 7.98. The van der Waals surface area contributed by atoms with Crippen molar-refractivity contribution in [1.29, 1.82) is 0 Å². The Morgan fingerprint density at radius 2 is 2.27 bits per heavy atom. The minimum atomic E-state index is -0.720. The summed E-state index contributed by atoms with van der Waals surface area (Å²) in [7, 11) is 1.63. The van der Waals surface area contributed by atoms with Gasteiger partial charge in [-0.1, -0.05) is 13.3 Å². The highest BCUT2D eigenvalue weighted by molar-refractivity contribution is 5.97. The van der Waals surface area contributed by atoms with Gasteiger partial charge in [0.15, 0.2) is 0 Å². The van der Waals surface area contributed by atoms with Gasteiger partial charge >= 0.3 is 0 Å². The third-order valence-corrected chi connectivity index (χ3v) is 4.36. The van der Waals surface area contributed by atoms with Crippen LogP contribution in [0.15, 0.2) is 12.1 Å². The van der Waals surface area contributed by atoms with Crippen LogP contribution in [0.3, 0.4) is 0 Å². The molecule has 0 aliphatic heterocycles. The highest BCUT2D eigenvalue weighted by atomic mass is 16.5. The zero-order valence-corrected chi connectivity index (χ0v) is 13.9. The van der Waals surface area contributed by atoms with Crippen molar-refractivity contribution in [1.82, 2.24) is 4.98 Å². The van der Waals surface area contributed by atoms with Crippen LogP contribution in [-0.2, 0) is 9.53 Å². The zero-order valence-electron chi connectivity index (χ0n) is 13.9. The van der Waals surface area contributed by atoms with Gasteiger partial charge in [0.05, 0.1) is 18.0 Å². The monoisotopic (exact) mass is 306 g/mol. The lowest BCUT2D eigenvalue weighted by atomic mass is 9.78. The van der Waals surface area contributed by atoms with E-state index >= 15 is 0 Å². The Labute approximate surface area is 132 Å². The van der Waals surface area contributed by atoms with E-state index in [2.05, 4.69) is 17.2 Å². The van der Waals surface area contributed by atoms with Gasteiger partial charge in [-0.05, 0) is 45.1 Å². The van der Waals surface area contributed by atoms with Crippen molar-refractivity contribution in [2.45, 2.75) is 52.1 Å². The van der Waals surface area contributed by atoms with Crippen molar-refractivity contribution in [3.05, 3.63) is 17.8 Å². The molecule has 0 aromatic carbocycles. The number of carbonyl (C=O) groups is 1. The van der Waals surface area contributed by atoms with Crippen LogP contribution in [0.2, 0.25) is 0 Å². The summed E-state index contributed by atoms with van der Waals surface area (Å²) in [5.74, 6) is 1.00. The van der Waals surface area contributed by atoms with Crippen LogP contribution in [0.5, 0.6) is 5.88 Å². The second kappa shape index (κ2) is 7.09. The smallest absolute Gasteiger partial charge is 0.256 e. The lowest BCUT2D eigenvalue weighted by Crippen LogP contribution is -2.48. The molecule has 5 nitrogen and oxygen atoms in total. The molecule has 1 aliphatic rings. The van der Waals surface area contributed by atoms with Crippen molar-refractivity contribution in [2.24, 2.45) is 5.92 Å². The number of ether oxygens (including phenoxy) is 2. The number of pyridine rings is 1. The second-order valence-electron chi connectivity index (χ2n) is 6.07. The number of rotatable bonds is 5. The summed E-state index contributed by atoms with van der Waals surface area (Å²) >= 11 is 0. The fraction of sp³-hybridized carbons (Fsp3) is 0.647. The summed E-state index contributed by atoms with van der Waals surface area (Å²) in [6, 6.07) is 3.61. The molecule has 1 saturated carbocycles. The predicted octanol–water partition coefficient (Wildman–Crippen LogP) is 3.32. The van der Waals surface area contributed by atoms with Gasteiger partial charge in [0.25, 0.3) is 5.91 Å². The van der Waals surface area contributed by atoms with Crippen molar-refractivity contribution in [3.8, 4) is 5.88 Å². The van der Waals surface area contributed by atoms with Crippen LogP contribution in [0.1, 0.15) is 45.2 Å². The lowest BCUT2D eigenvalue weighted by molar-refractivity contribution is -0.143. The van der Waals surface area contributed by atoms with E-state index in [0.717, 1.165) is 31.4 Å². The number of nitrogens with one attached hydrogen (secondary N) is 1. The Morgan fingerprint density at radius 3 is 2.86 bits per heavy atom. The number of nitrogens with zero attached hydrogens (tertiary/aromatic N) is 1. The molecule has 1 fully saturated rings. The molecular formula is C17H26N2O3. The first kappa shape index (κ1) is 16.7. The first-order valence-corrected chi connectivity index (χ1v) is 7.98. The third-order valence-electron chi connectivity index (χ3n) is 4.36. The van der Waals surface area contributed by atoms with Crippen LogP contribution in [0.4, 0.5) is 5.69 Å². The molecule has 122 valence electrons. The van der Waals surface area contributed by atoms with E-state index in [4.69, 9.17) is 9.47 Å². The van der Waals surface area contributed by atoms with Crippen LogP contribution in [0, 0.1) is 12.8 Å². The van der Waals surface area contributed by atoms with E-state index in [0.29, 0.717) is 24.1 Å². The average Bonchev–Trinajstić information content (AvgIpc) is 2.50. The van der Waals surface area contributed by atoms with Gasteiger partial charge in [-0.3, -0.25) is 4.79 Å². The number of carbonyl (C=O) groups excluding carboxylic acids is 1. The van der Waals surface area contributed by atoms with Crippen LogP contribution < -0.4 is 10.1 Å². The van der Waals surface area contributed by atoms with Crippen molar-refractivity contribution >= 4 is 11.6 Å². The molecule has 0 bridgehead atoms. The Kier molecular flexibility index (Phi) is 5.40. The lowest BCUT2D eigenvalue weighted by Gasteiger charge is -2.37. The fourth-order valence-corrected chi connectivity index (χ4v) is 3.12. The Morgan fingerprint density at radius 1 is 1.50 bits per heavy atom. The topological polar surface area (TPSA) is 60.5 Å². The standard InChI is InChI=1S/C17H26N2O3/c1-5-22-15-9-8-14(13(3)18-15)19-16(20)17(21-4)10-6-7-12(2)11-17/h8-9,12H,5-7,10-11H2,1-4H3,(H,19,20)/t12-,17-/m0/s1. The maximum absolute atomic E-state index is 12.7. The van der Waals surface area contributed by atoms with Crippen LogP contribution >= 0.6 is 0 Å². The van der Waals surface area contributed by atoms with E-state index in [1.54, 1.807) is 13.2 Å². The third kappa shape index (κ3) is 3.58. The molecule has 5 heteroatoms. The van der Waals surface area contributed by atoms with E-state index in [-0.39, 0.29) is 5.91 Å². The molecule has 1 aliphatic carbocycles. The molecule has 0 spiro atoms. The molecule has 0 unspecified atom stereocenters. The Hall–Kier alpha value is -1.62. The Bertz CT molecular complexity index is 533. The number of hydrogen-bond donors (Lipinski definition) is 1. The average molecular weight is 306 g/mol. The van der Waals surface area contributed by atoms with Gasteiger partial charge in [-0.25, -0.2) is 4.98 Å². The molecule has 2 rings (SSSR count). The quantitative estimate of drug-likeness (QED) is 0.906. The van der Waals surface area contributed by atoms with Gasteiger partial charge in [-0.15, -0.1) is 0 Å². The van der Waals surface area contributed by atoms with Gasteiger partial charge in [0.2, 0.25) is 5.88 Å². The maximum Gasteiger partial charge on any atom is 0.256 e. The van der Waals surface area contributed by atoms with Crippen molar-refractivity contribution in [3.63, 3.8) is 0 Å². The van der Waals surface area contributed by atoms with Gasteiger partial charge in [-0.2, -0.15) is 0 Å². The Balaban J connectivity index is 2.13. The van der Waals surface area contributed by atoms with Crippen LogP contribution in [0.25, 0.3) is 0 Å². The van der Waals surface area contributed by atoms with E-state index in [1.165, 1.54) is 0 Å². The van der Waals surface area contributed by atoms with Gasteiger partial charge in [0.1, 0.15) is 5.60 Å². The summed E-state index contributed by atoms with van der Waals surface area (Å²) < 4.78 is 11.0. The van der Waals surface area contributed by atoms with Gasteiger partial charge in [0, 0.05) is 13.2 Å². The molecule has 0 saturated heterocycles. The zero-order chi connectivity index (χ0) is 16.2. The van der Waals surface area contributed by atoms with Crippen molar-refractivity contribution < 1.29 is 14.3 Å². The molecule has 1 heterocycles.